The summed E-state index contributed by atoms with van der Waals surface area (Å²) in [7, 11) is 0. The van der Waals surface area contributed by atoms with Crippen molar-refractivity contribution in [2.75, 3.05) is 13.2 Å². The molecule has 1 aromatic carbocycles. The number of hydrogen-bond acceptors (Lipinski definition) is 3. The molecule has 0 saturated heterocycles. The van der Waals surface area contributed by atoms with Gasteiger partial charge in [0.1, 0.15) is 0 Å². The van der Waals surface area contributed by atoms with E-state index in [0.717, 1.165) is 11.6 Å². The number of aliphatic carboxylic acids is 1. The van der Waals surface area contributed by atoms with Crippen LogP contribution < -0.4 is 5.32 Å². The molecular weight excluding hydrogens is 230 g/mol. The fraction of sp³-hybridized carbons (Fsp3) is 0.357. The first-order chi connectivity index (χ1) is 8.74. The van der Waals surface area contributed by atoms with Gasteiger partial charge in [-0.1, -0.05) is 30.3 Å². The van der Waals surface area contributed by atoms with Crippen molar-refractivity contribution in [1.82, 2.24) is 5.32 Å². The lowest BCUT2D eigenvalue weighted by molar-refractivity contribution is -0.131. The molecule has 0 aliphatic rings. The summed E-state index contributed by atoms with van der Waals surface area (Å²) in [6, 6.07) is 8.06. The van der Waals surface area contributed by atoms with Crippen LogP contribution in [0.25, 0.3) is 0 Å². The zero-order chi connectivity index (χ0) is 13.2. The Balaban J connectivity index is 2.43. The summed E-state index contributed by atoms with van der Waals surface area (Å²) >= 11 is 0. The van der Waals surface area contributed by atoms with Crippen LogP contribution in [0, 0.1) is 0 Å². The second-order valence-corrected chi connectivity index (χ2v) is 3.78. The normalized spacial score (nSPS) is 10.9. The second kappa shape index (κ2) is 8.44. The van der Waals surface area contributed by atoms with E-state index < -0.39 is 5.97 Å². The van der Waals surface area contributed by atoms with Crippen LogP contribution in [0.2, 0.25) is 0 Å². The third-order valence-electron chi connectivity index (χ3n) is 2.42. The van der Waals surface area contributed by atoms with Gasteiger partial charge in [-0.15, -0.1) is 0 Å². The van der Waals surface area contributed by atoms with E-state index >= 15 is 0 Å². The fourth-order valence-corrected chi connectivity index (χ4v) is 1.53. The lowest BCUT2D eigenvalue weighted by atomic mass is 10.1. The monoisotopic (exact) mass is 249 g/mol. The molecule has 0 spiro atoms. The number of hydrogen-bond donors (Lipinski definition) is 2. The highest BCUT2D eigenvalue weighted by molar-refractivity contribution is 5.79. The van der Waals surface area contributed by atoms with E-state index in [1.165, 1.54) is 5.56 Å². The van der Waals surface area contributed by atoms with Crippen LogP contribution in [0.3, 0.4) is 0 Å². The molecule has 98 valence electrons. The van der Waals surface area contributed by atoms with Crippen LogP contribution in [-0.4, -0.2) is 24.2 Å². The van der Waals surface area contributed by atoms with Crippen molar-refractivity contribution in [3.05, 3.63) is 47.5 Å². The molecule has 0 radical (unpaired) electrons. The predicted octanol–water partition coefficient (Wildman–Crippen LogP) is 1.95. The molecular formula is C14H19NO3. The SMILES string of the molecule is CCOCc1ccccc1CNC/C=C/C(=O)O. The van der Waals surface area contributed by atoms with E-state index in [4.69, 9.17) is 9.84 Å². The summed E-state index contributed by atoms with van der Waals surface area (Å²) in [5.74, 6) is -0.923. The highest BCUT2D eigenvalue weighted by atomic mass is 16.5. The first-order valence-corrected chi connectivity index (χ1v) is 5.98. The Bertz CT molecular complexity index is 402. The van der Waals surface area contributed by atoms with Crippen molar-refractivity contribution in [1.29, 1.82) is 0 Å². The second-order valence-electron chi connectivity index (χ2n) is 3.78. The lowest BCUT2D eigenvalue weighted by Crippen LogP contribution is -2.14. The summed E-state index contributed by atoms with van der Waals surface area (Å²) in [5, 5.41) is 11.6. The summed E-state index contributed by atoms with van der Waals surface area (Å²) in [4.78, 5) is 10.3. The summed E-state index contributed by atoms with van der Waals surface area (Å²) in [5.41, 5.74) is 2.34. The van der Waals surface area contributed by atoms with Gasteiger partial charge in [0.25, 0.3) is 0 Å². The molecule has 4 heteroatoms. The van der Waals surface area contributed by atoms with Crippen LogP contribution in [0.15, 0.2) is 36.4 Å². The Kier molecular flexibility index (Phi) is 6.76. The van der Waals surface area contributed by atoms with Crippen molar-refractivity contribution >= 4 is 5.97 Å². The largest absolute Gasteiger partial charge is 0.478 e. The molecule has 0 atom stereocenters. The molecule has 0 heterocycles. The quantitative estimate of drug-likeness (QED) is 0.546. The maximum Gasteiger partial charge on any atom is 0.328 e. The van der Waals surface area contributed by atoms with Crippen LogP contribution in [0.5, 0.6) is 0 Å². The molecule has 18 heavy (non-hydrogen) atoms. The van der Waals surface area contributed by atoms with Gasteiger partial charge in [-0.2, -0.15) is 0 Å². The number of carboxylic acids is 1. The smallest absolute Gasteiger partial charge is 0.328 e. The minimum atomic E-state index is -0.923. The molecule has 2 N–H and O–H groups in total. The minimum Gasteiger partial charge on any atom is -0.478 e. The molecule has 0 bridgehead atoms. The number of ether oxygens (including phenoxy) is 1. The van der Waals surface area contributed by atoms with E-state index in [1.54, 1.807) is 6.08 Å². The van der Waals surface area contributed by atoms with Crippen molar-refractivity contribution in [2.45, 2.75) is 20.1 Å². The molecule has 0 aromatic heterocycles. The molecule has 4 nitrogen and oxygen atoms in total. The van der Waals surface area contributed by atoms with E-state index in [1.807, 2.05) is 31.2 Å². The topological polar surface area (TPSA) is 58.6 Å². The van der Waals surface area contributed by atoms with Gasteiger partial charge in [-0.05, 0) is 18.1 Å². The molecule has 0 aliphatic carbocycles. The number of nitrogens with one attached hydrogen (secondary N) is 1. The van der Waals surface area contributed by atoms with E-state index in [0.29, 0.717) is 26.3 Å². The first-order valence-electron chi connectivity index (χ1n) is 5.98. The zero-order valence-corrected chi connectivity index (χ0v) is 10.6. The molecule has 0 unspecified atom stereocenters. The van der Waals surface area contributed by atoms with E-state index in [-0.39, 0.29) is 0 Å². The van der Waals surface area contributed by atoms with Crippen LogP contribution in [0.4, 0.5) is 0 Å². The Morgan fingerprint density at radius 1 is 1.39 bits per heavy atom. The minimum absolute atomic E-state index is 0.537. The van der Waals surface area contributed by atoms with Gasteiger partial charge < -0.3 is 15.2 Å². The molecule has 0 saturated carbocycles. The van der Waals surface area contributed by atoms with Gasteiger partial charge >= 0.3 is 5.97 Å². The number of carboxylic acid groups (broad SMARTS) is 1. The van der Waals surface area contributed by atoms with Gasteiger partial charge in [0, 0.05) is 25.8 Å². The number of carbonyl (C=O) groups is 1. The number of rotatable bonds is 8. The molecule has 0 amide bonds. The highest BCUT2D eigenvalue weighted by Gasteiger charge is 2.00. The van der Waals surface area contributed by atoms with Gasteiger partial charge in [0.05, 0.1) is 6.61 Å². The third kappa shape index (κ3) is 5.61. The van der Waals surface area contributed by atoms with Crippen LogP contribution in [0.1, 0.15) is 18.1 Å². The first kappa shape index (κ1) is 14.4. The number of benzene rings is 1. The molecule has 1 aromatic rings. The van der Waals surface area contributed by atoms with Crippen molar-refractivity contribution in [3.8, 4) is 0 Å². The van der Waals surface area contributed by atoms with Crippen LogP contribution >= 0.6 is 0 Å². The van der Waals surface area contributed by atoms with E-state index in [9.17, 15) is 4.79 Å². The Hall–Kier alpha value is -1.65. The van der Waals surface area contributed by atoms with Gasteiger partial charge in [0.15, 0.2) is 0 Å². The molecule has 1 rings (SSSR count). The summed E-state index contributed by atoms with van der Waals surface area (Å²) < 4.78 is 5.40. The fourth-order valence-electron chi connectivity index (χ4n) is 1.53. The predicted molar refractivity (Wildman–Crippen MR) is 70.3 cm³/mol. The van der Waals surface area contributed by atoms with Gasteiger partial charge in [0.2, 0.25) is 0 Å². The maximum absolute atomic E-state index is 10.3. The Morgan fingerprint density at radius 2 is 2.11 bits per heavy atom. The van der Waals surface area contributed by atoms with Gasteiger partial charge in [-0.25, -0.2) is 4.79 Å². The van der Waals surface area contributed by atoms with Crippen LogP contribution in [-0.2, 0) is 22.7 Å². The van der Waals surface area contributed by atoms with E-state index in [2.05, 4.69) is 5.32 Å². The highest BCUT2D eigenvalue weighted by Crippen LogP contribution is 2.09. The Labute approximate surface area is 107 Å². The summed E-state index contributed by atoms with van der Waals surface area (Å²) in [6.07, 6.45) is 2.73. The lowest BCUT2D eigenvalue weighted by Gasteiger charge is -2.09. The van der Waals surface area contributed by atoms with Crippen molar-refractivity contribution in [2.24, 2.45) is 0 Å². The molecule has 0 fully saturated rings. The summed E-state index contributed by atoms with van der Waals surface area (Å²) in [6.45, 7) is 4.52. The average Bonchev–Trinajstić information content (AvgIpc) is 2.36. The van der Waals surface area contributed by atoms with Crippen molar-refractivity contribution < 1.29 is 14.6 Å². The third-order valence-corrected chi connectivity index (χ3v) is 2.42. The maximum atomic E-state index is 10.3. The standard InChI is InChI=1S/C14H19NO3/c1-2-18-11-13-7-4-3-6-12(13)10-15-9-5-8-14(16)17/h3-8,15H,2,9-11H2,1H3,(H,16,17)/b8-5+. The van der Waals surface area contributed by atoms with Crippen molar-refractivity contribution in [3.63, 3.8) is 0 Å². The Morgan fingerprint density at radius 3 is 2.78 bits per heavy atom. The molecule has 0 aliphatic heterocycles. The van der Waals surface area contributed by atoms with Gasteiger partial charge in [-0.3, -0.25) is 0 Å². The zero-order valence-electron chi connectivity index (χ0n) is 10.6. The average molecular weight is 249 g/mol.